The highest BCUT2D eigenvalue weighted by Gasteiger charge is 2.32. The Morgan fingerprint density at radius 3 is 2.16 bits per heavy atom. The Bertz CT molecular complexity index is 512. The normalized spacial score (nSPS) is 11.5. The molecule has 0 aliphatic rings. The lowest BCUT2D eigenvalue weighted by Crippen LogP contribution is -2.48. The molecule has 0 aliphatic carbocycles. The van der Waals surface area contributed by atoms with Gasteiger partial charge < -0.3 is 10.0 Å². The molecule has 0 spiro atoms. The van der Waals surface area contributed by atoms with E-state index in [1.165, 1.54) is 4.90 Å². The molecular weight excluding hydrogens is 246 g/mol. The van der Waals surface area contributed by atoms with Crippen LogP contribution in [0.5, 0.6) is 0 Å². The highest BCUT2D eigenvalue weighted by Crippen LogP contribution is 2.21. The number of aliphatic carboxylic acids is 1. The van der Waals surface area contributed by atoms with E-state index in [4.69, 9.17) is 5.11 Å². The highest BCUT2D eigenvalue weighted by molar-refractivity contribution is 5.98. The Hall–Kier alpha value is -1.85. The van der Waals surface area contributed by atoms with Gasteiger partial charge in [-0.3, -0.25) is 14.3 Å². The van der Waals surface area contributed by atoms with E-state index in [0.717, 1.165) is 5.69 Å². The Labute approximate surface area is 113 Å². The van der Waals surface area contributed by atoms with Crippen LogP contribution in [0.15, 0.2) is 0 Å². The zero-order valence-corrected chi connectivity index (χ0v) is 12.3. The van der Waals surface area contributed by atoms with E-state index >= 15 is 0 Å². The van der Waals surface area contributed by atoms with E-state index in [9.17, 15) is 9.59 Å². The number of hydrogen-bond donors (Lipinski definition) is 1. The molecule has 0 aromatic carbocycles. The Kier molecular flexibility index (Phi) is 4.03. The number of aromatic nitrogens is 2. The largest absolute Gasteiger partial charge is 0.480 e. The van der Waals surface area contributed by atoms with Crippen molar-refractivity contribution in [3.63, 3.8) is 0 Å². The second kappa shape index (κ2) is 5.03. The molecule has 0 saturated heterocycles. The number of carboxylic acid groups (broad SMARTS) is 1. The molecule has 19 heavy (non-hydrogen) atoms. The summed E-state index contributed by atoms with van der Waals surface area (Å²) in [5.74, 6) is -1.32. The van der Waals surface area contributed by atoms with Crippen molar-refractivity contribution in [1.29, 1.82) is 0 Å². The van der Waals surface area contributed by atoms with Gasteiger partial charge in [-0.05, 0) is 34.6 Å². The molecule has 0 unspecified atom stereocenters. The molecule has 1 aromatic rings. The number of carboxylic acids is 1. The number of carbonyl (C=O) groups is 2. The molecule has 1 aromatic heterocycles. The van der Waals surface area contributed by atoms with Gasteiger partial charge in [0.05, 0.1) is 11.3 Å². The molecule has 1 rings (SSSR count). The minimum absolute atomic E-state index is 0.294. The van der Waals surface area contributed by atoms with Crippen LogP contribution in [0.2, 0.25) is 0 Å². The van der Waals surface area contributed by atoms with E-state index in [0.29, 0.717) is 11.3 Å². The molecule has 1 N–H and O–H groups in total. The molecule has 0 atom stereocenters. The van der Waals surface area contributed by atoms with Gasteiger partial charge in [-0.15, -0.1) is 0 Å². The maximum atomic E-state index is 12.6. The number of carbonyl (C=O) groups excluding carboxylic acids is 1. The van der Waals surface area contributed by atoms with Crippen LogP contribution < -0.4 is 0 Å². The lowest BCUT2D eigenvalue weighted by Gasteiger charge is -2.34. The molecule has 1 heterocycles. The predicted molar refractivity (Wildman–Crippen MR) is 71.1 cm³/mol. The lowest BCUT2D eigenvalue weighted by atomic mass is 10.0. The van der Waals surface area contributed by atoms with Crippen LogP contribution in [0, 0.1) is 13.8 Å². The van der Waals surface area contributed by atoms with Crippen molar-refractivity contribution in [2.75, 3.05) is 6.54 Å². The smallest absolute Gasteiger partial charge is 0.323 e. The second-order valence-corrected chi connectivity index (χ2v) is 5.63. The third-order valence-electron chi connectivity index (χ3n) is 3.07. The molecule has 0 saturated carbocycles. The van der Waals surface area contributed by atoms with Gasteiger partial charge in [0.2, 0.25) is 0 Å². The van der Waals surface area contributed by atoms with Crippen LogP contribution in [-0.4, -0.2) is 43.7 Å². The van der Waals surface area contributed by atoms with Crippen molar-refractivity contribution < 1.29 is 14.7 Å². The van der Waals surface area contributed by atoms with Gasteiger partial charge in [-0.1, -0.05) is 0 Å². The van der Waals surface area contributed by atoms with Gasteiger partial charge in [0.25, 0.3) is 5.91 Å². The molecular formula is C13H21N3O3. The van der Waals surface area contributed by atoms with Gasteiger partial charge in [0, 0.05) is 18.3 Å². The SMILES string of the molecule is Cc1nn(C)c(C)c1C(=O)N(CC(=O)O)C(C)(C)C. The predicted octanol–water partition coefficient (Wildman–Crippen LogP) is 1.36. The topological polar surface area (TPSA) is 75.4 Å². The summed E-state index contributed by atoms with van der Waals surface area (Å²) in [5, 5.41) is 13.2. The highest BCUT2D eigenvalue weighted by atomic mass is 16.4. The van der Waals surface area contributed by atoms with Crippen molar-refractivity contribution in [3.05, 3.63) is 17.0 Å². The first-order chi connectivity index (χ1) is 8.55. The van der Waals surface area contributed by atoms with Crippen molar-refractivity contribution in [1.82, 2.24) is 14.7 Å². The van der Waals surface area contributed by atoms with Crippen LogP contribution in [0.4, 0.5) is 0 Å². The summed E-state index contributed by atoms with van der Waals surface area (Å²) < 4.78 is 1.63. The minimum Gasteiger partial charge on any atom is -0.480 e. The molecule has 0 aliphatic heterocycles. The Morgan fingerprint density at radius 2 is 1.84 bits per heavy atom. The average molecular weight is 267 g/mol. The van der Waals surface area contributed by atoms with Crippen LogP contribution in [0.25, 0.3) is 0 Å². The second-order valence-electron chi connectivity index (χ2n) is 5.63. The number of amides is 1. The number of rotatable bonds is 3. The van der Waals surface area contributed by atoms with Crippen LogP contribution in [0.3, 0.4) is 0 Å². The zero-order valence-electron chi connectivity index (χ0n) is 12.3. The summed E-state index contributed by atoms with van der Waals surface area (Å²) in [6.45, 7) is 8.67. The van der Waals surface area contributed by atoms with Gasteiger partial charge in [0.15, 0.2) is 0 Å². The maximum absolute atomic E-state index is 12.6. The van der Waals surface area contributed by atoms with Crippen LogP contribution in [-0.2, 0) is 11.8 Å². The monoisotopic (exact) mass is 267 g/mol. The van der Waals surface area contributed by atoms with E-state index in [1.807, 2.05) is 20.8 Å². The van der Waals surface area contributed by atoms with Crippen LogP contribution in [0.1, 0.15) is 42.5 Å². The fourth-order valence-electron chi connectivity index (χ4n) is 1.97. The van der Waals surface area contributed by atoms with Crippen molar-refractivity contribution >= 4 is 11.9 Å². The molecule has 6 heteroatoms. The van der Waals surface area contributed by atoms with Crippen LogP contribution >= 0.6 is 0 Å². The summed E-state index contributed by atoms with van der Waals surface area (Å²) in [5.41, 5.74) is 1.27. The van der Waals surface area contributed by atoms with Gasteiger partial charge in [0.1, 0.15) is 6.54 Å². The fourth-order valence-corrected chi connectivity index (χ4v) is 1.97. The summed E-state index contributed by atoms with van der Waals surface area (Å²) in [6, 6.07) is 0. The minimum atomic E-state index is -1.03. The van der Waals surface area contributed by atoms with E-state index in [-0.39, 0.29) is 12.5 Å². The summed E-state index contributed by atoms with van der Waals surface area (Å²) in [7, 11) is 1.76. The number of aryl methyl sites for hydroxylation is 2. The van der Waals surface area contributed by atoms with Crippen molar-refractivity contribution in [2.45, 2.75) is 40.2 Å². The third kappa shape index (κ3) is 3.13. The molecule has 1 amide bonds. The zero-order chi connectivity index (χ0) is 15.0. The molecule has 0 fully saturated rings. The first-order valence-electron chi connectivity index (χ1n) is 6.09. The summed E-state index contributed by atoms with van der Waals surface area (Å²) >= 11 is 0. The molecule has 0 radical (unpaired) electrons. The number of nitrogens with zero attached hydrogens (tertiary/aromatic N) is 3. The van der Waals surface area contributed by atoms with Gasteiger partial charge in [-0.25, -0.2) is 0 Å². The summed E-state index contributed by atoms with van der Waals surface area (Å²) in [4.78, 5) is 24.9. The van der Waals surface area contributed by atoms with Gasteiger partial charge >= 0.3 is 5.97 Å². The number of hydrogen-bond acceptors (Lipinski definition) is 3. The maximum Gasteiger partial charge on any atom is 0.323 e. The fraction of sp³-hybridized carbons (Fsp3) is 0.615. The Balaban J connectivity index is 3.23. The Morgan fingerprint density at radius 1 is 1.32 bits per heavy atom. The van der Waals surface area contributed by atoms with Gasteiger partial charge in [-0.2, -0.15) is 5.10 Å². The first kappa shape index (κ1) is 15.2. The van der Waals surface area contributed by atoms with E-state index < -0.39 is 11.5 Å². The van der Waals surface area contributed by atoms with E-state index in [2.05, 4.69) is 5.10 Å². The van der Waals surface area contributed by atoms with Crippen molar-refractivity contribution in [3.8, 4) is 0 Å². The standard InChI is InChI=1S/C13H21N3O3/c1-8-11(9(2)15(6)14-8)12(19)16(7-10(17)18)13(3,4)5/h7H2,1-6H3,(H,17,18). The lowest BCUT2D eigenvalue weighted by molar-refractivity contribution is -0.138. The third-order valence-corrected chi connectivity index (χ3v) is 3.07. The molecule has 0 bridgehead atoms. The first-order valence-corrected chi connectivity index (χ1v) is 6.09. The quantitative estimate of drug-likeness (QED) is 0.897. The summed E-state index contributed by atoms with van der Waals surface area (Å²) in [6.07, 6.45) is 0. The van der Waals surface area contributed by atoms with Crippen molar-refractivity contribution in [2.24, 2.45) is 7.05 Å². The molecule has 6 nitrogen and oxygen atoms in total. The molecule has 106 valence electrons. The average Bonchev–Trinajstić information content (AvgIpc) is 2.47. The van der Waals surface area contributed by atoms with E-state index in [1.54, 1.807) is 25.6 Å².